The second-order valence-corrected chi connectivity index (χ2v) is 12.3. The molecule has 0 bridgehead atoms. The van der Waals surface area contributed by atoms with Crippen molar-refractivity contribution in [2.45, 2.75) is 30.3 Å². The van der Waals surface area contributed by atoms with Crippen LogP contribution in [0.5, 0.6) is 11.5 Å². The number of ether oxygens (including phenoxy) is 1. The molecule has 0 radical (unpaired) electrons. The number of aromatic hydroxyl groups is 1. The number of phenolic OH excluding ortho intramolecular Hbond substituents is 1. The number of phenols is 1. The summed E-state index contributed by atoms with van der Waals surface area (Å²) in [5.74, 6) is -1.99. The molecule has 1 N–H and O–H groups in total. The van der Waals surface area contributed by atoms with E-state index in [4.69, 9.17) is 4.74 Å². The van der Waals surface area contributed by atoms with Crippen molar-refractivity contribution in [1.29, 1.82) is 0 Å². The van der Waals surface area contributed by atoms with Crippen molar-refractivity contribution in [2.75, 3.05) is 7.11 Å². The Morgan fingerprint density at radius 2 is 1.64 bits per heavy atom. The van der Waals surface area contributed by atoms with Gasteiger partial charge in [0.2, 0.25) is 0 Å². The molecule has 1 saturated carbocycles. The summed E-state index contributed by atoms with van der Waals surface area (Å²) in [6, 6.07) is 21.1. The highest BCUT2D eigenvalue weighted by atomic mass is 79.9. The van der Waals surface area contributed by atoms with Crippen LogP contribution < -0.4 is 16.1 Å². The van der Waals surface area contributed by atoms with Crippen molar-refractivity contribution in [3.05, 3.63) is 133 Å². The zero-order valence-electron chi connectivity index (χ0n) is 23.9. The van der Waals surface area contributed by atoms with E-state index in [1.807, 2.05) is 54.6 Å². The smallest absolute Gasteiger partial charge is 0.347 e. The van der Waals surface area contributed by atoms with Gasteiger partial charge in [0.1, 0.15) is 0 Å². The Balaban J connectivity index is 1.58. The summed E-state index contributed by atoms with van der Waals surface area (Å²) in [7, 11) is 2.88. The summed E-state index contributed by atoms with van der Waals surface area (Å²) >= 11 is 3.45. The number of aromatic nitrogens is 3. The van der Waals surface area contributed by atoms with Crippen LogP contribution in [-0.2, 0) is 28.6 Å². The topological polar surface area (TPSA) is 113 Å². The molecule has 0 unspecified atom stereocenters. The second-order valence-electron chi connectivity index (χ2n) is 11.4. The van der Waals surface area contributed by atoms with Crippen molar-refractivity contribution in [2.24, 2.45) is 13.0 Å². The first kappa shape index (κ1) is 28.1. The number of benzene rings is 3. The summed E-state index contributed by atoms with van der Waals surface area (Å²) in [4.78, 5) is 56.3. The van der Waals surface area contributed by atoms with Gasteiger partial charge >= 0.3 is 11.4 Å². The Labute approximate surface area is 260 Å². The molecule has 7 rings (SSSR count). The number of methoxy groups -OCH3 is 1. The van der Waals surface area contributed by atoms with Crippen LogP contribution in [0.15, 0.2) is 105 Å². The fourth-order valence-corrected chi connectivity index (χ4v) is 8.00. The van der Waals surface area contributed by atoms with Crippen LogP contribution >= 0.6 is 15.9 Å². The van der Waals surface area contributed by atoms with Gasteiger partial charge in [0.15, 0.2) is 23.1 Å². The van der Waals surface area contributed by atoms with E-state index in [1.165, 1.54) is 29.6 Å². The van der Waals surface area contributed by atoms with Gasteiger partial charge < -0.3 is 9.84 Å². The SMILES string of the molecule is COc1cc([C@H]2C3=CCn4c(=O)n(C)c(=O)n4[C@@H]3C[C@H]3C(=O)C(c4ccccc4)=CC(=O)[C@@]23c2ccccc2)cc(Br)c1O. The summed E-state index contributed by atoms with van der Waals surface area (Å²) in [5.41, 5.74) is 0.655. The molecule has 1 aromatic heterocycles. The van der Waals surface area contributed by atoms with Crippen LogP contribution in [0.3, 0.4) is 0 Å². The van der Waals surface area contributed by atoms with E-state index in [2.05, 4.69) is 15.9 Å². The predicted molar refractivity (Wildman–Crippen MR) is 167 cm³/mol. The summed E-state index contributed by atoms with van der Waals surface area (Å²) in [6.45, 7) is 0.121. The molecule has 3 aromatic carbocycles. The monoisotopic (exact) mass is 653 g/mol. The lowest BCUT2D eigenvalue weighted by Gasteiger charge is -2.54. The van der Waals surface area contributed by atoms with E-state index in [0.29, 0.717) is 26.7 Å². The number of hydrogen-bond donors (Lipinski definition) is 1. The van der Waals surface area contributed by atoms with Gasteiger partial charge in [-0.2, -0.15) is 0 Å². The van der Waals surface area contributed by atoms with E-state index in [1.54, 1.807) is 24.3 Å². The van der Waals surface area contributed by atoms with Crippen molar-refractivity contribution in [3.8, 4) is 11.5 Å². The molecule has 1 aliphatic heterocycles. The van der Waals surface area contributed by atoms with Gasteiger partial charge in [-0.3, -0.25) is 9.59 Å². The molecule has 0 amide bonds. The van der Waals surface area contributed by atoms with Crippen LogP contribution in [0.4, 0.5) is 0 Å². The van der Waals surface area contributed by atoms with Crippen molar-refractivity contribution in [3.63, 3.8) is 0 Å². The van der Waals surface area contributed by atoms with Gasteiger partial charge in [-0.15, -0.1) is 0 Å². The van der Waals surface area contributed by atoms with E-state index in [0.717, 1.165) is 10.1 Å². The maximum atomic E-state index is 14.9. The number of carbonyl (C=O) groups excluding carboxylic acids is 2. The zero-order chi connectivity index (χ0) is 30.9. The highest BCUT2D eigenvalue weighted by Gasteiger charge is 2.63. The largest absolute Gasteiger partial charge is 0.503 e. The molecule has 44 heavy (non-hydrogen) atoms. The summed E-state index contributed by atoms with van der Waals surface area (Å²) in [5, 5.41) is 10.7. The number of carbonyl (C=O) groups is 2. The van der Waals surface area contributed by atoms with E-state index < -0.39 is 34.7 Å². The van der Waals surface area contributed by atoms with E-state index in [9.17, 15) is 24.3 Å². The van der Waals surface area contributed by atoms with Crippen molar-refractivity contribution < 1.29 is 19.4 Å². The average Bonchev–Trinajstić information content (AvgIpc) is 3.27. The molecule has 4 aromatic rings. The number of allylic oxidation sites excluding steroid dienone is 4. The lowest BCUT2D eigenvalue weighted by atomic mass is 9.47. The fraction of sp³-hybridized carbons (Fsp3) is 0.235. The predicted octanol–water partition coefficient (Wildman–Crippen LogP) is 4.28. The minimum atomic E-state index is -1.39. The van der Waals surface area contributed by atoms with Crippen LogP contribution in [0.25, 0.3) is 5.57 Å². The molecule has 1 fully saturated rings. The molecule has 0 saturated heterocycles. The van der Waals surface area contributed by atoms with E-state index >= 15 is 0 Å². The number of hydrogen-bond acceptors (Lipinski definition) is 6. The molecule has 4 atom stereocenters. The fourth-order valence-electron chi connectivity index (χ4n) is 7.54. The average molecular weight is 655 g/mol. The molecule has 10 heteroatoms. The first-order valence-corrected chi connectivity index (χ1v) is 15.0. The third kappa shape index (κ3) is 3.76. The van der Waals surface area contributed by atoms with Gasteiger partial charge in [0.25, 0.3) is 0 Å². The Kier molecular flexibility index (Phi) is 6.51. The van der Waals surface area contributed by atoms with Crippen LogP contribution in [-0.4, -0.2) is 37.7 Å². The zero-order valence-corrected chi connectivity index (χ0v) is 25.5. The van der Waals surface area contributed by atoms with E-state index in [-0.39, 0.29) is 36.0 Å². The number of Topliss-reactive ketones (excluding diaryl/α,β-unsaturated/α-hetero) is 1. The lowest BCUT2D eigenvalue weighted by molar-refractivity contribution is -0.133. The van der Waals surface area contributed by atoms with Crippen LogP contribution in [0.1, 0.15) is 35.1 Å². The number of halogens is 1. The quantitative estimate of drug-likeness (QED) is 0.329. The molecule has 3 aliphatic rings. The maximum Gasteiger partial charge on any atom is 0.347 e. The second kappa shape index (κ2) is 10.2. The summed E-state index contributed by atoms with van der Waals surface area (Å²) < 4.78 is 9.76. The Hall–Kier alpha value is -4.70. The van der Waals surface area contributed by atoms with Gasteiger partial charge in [-0.1, -0.05) is 66.7 Å². The maximum absolute atomic E-state index is 14.9. The molecule has 2 aliphatic carbocycles. The van der Waals surface area contributed by atoms with Crippen LogP contribution in [0, 0.1) is 5.92 Å². The Bertz CT molecular complexity index is 2040. The van der Waals surface area contributed by atoms with Gasteiger partial charge in [-0.05, 0) is 62.8 Å². The Morgan fingerprint density at radius 3 is 2.32 bits per heavy atom. The molecular formula is C34H28BrN3O6. The highest BCUT2D eigenvalue weighted by molar-refractivity contribution is 9.10. The van der Waals surface area contributed by atoms with Gasteiger partial charge in [0.05, 0.1) is 29.6 Å². The number of fused-ring (bicyclic) bond motifs is 4. The minimum Gasteiger partial charge on any atom is -0.503 e. The Morgan fingerprint density at radius 1 is 0.955 bits per heavy atom. The first-order chi connectivity index (χ1) is 21.2. The van der Waals surface area contributed by atoms with Crippen molar-refractivity contribution >= 4 is 33.1 Å². The molecule has 0 spiro atoms. The molecule has 222 valence electrons. The third-order valence-electron chi connectivity index (χ3n) is 9.43. The third-order valence-corrected chi connectivity index (χ3v) is 10.0. The highest BCUT2D eigenvalue weighted by Crippen LogP contribution is 2.62. The number of rotatable bonds is 4. The normalized spacial score (nSPS) is 24.1. The van der Waals surface area contributed by atoms with Gasteiger partial charge in [0, 0.05) is 24.5 Å². The molecular weight excluding hydrogens is 626 g/mol. The molecule has 2 heterocycles. The number of ketones is 2. The lowest BCUT2D eigenvalue weighted by Crippen LogP contribution is -2.58. The number of nitrogens with zero attached hydrogens (tertiary/aromatic N) is 3. The molecule has 9 nitrogen and oxygen atoms in total. The van der Waals surface area contributed by atoms with Crippen LogP contribution in [0.2, 0.25) is 0 Å². The summed E-state index contributed by atoms with van der Waals surface area (Å²) in [6.07, 6.45) is 3.50. The first-order valence-electron chi connectivity index (χ1n) is 14.3. The van der Waals surface area contributed by atoms with Crippen molar-refractivity contribution in [1.82, 2.24) is 13.9 Å². The standard InChI is InChI=1S/C34H28BrN3O6/c1-36-32(42)37-14-13-22-26(38(37)33(36)43)18-24-30(40)23(19-9-5-3-6-10-19)17-28(39)34(24,21-11-7-4-8-12-21)29(22)20-15-25(35)31(41)27(16-20)44-2/h3-13,15-17,24,26,29,41H,14,18H2,1-2H3/t24-,26+,29-,34-/m0/s1. The van der Waals surface area contributed by atoms with Gasteiger partial charge in [-0.25, -0.2) is 23.5 Å². The minimum absolute atomic E-state index is 0.100.